The molecule has 0 saturated heterocycles. The van der Waals surface area contributed by atoms with Gasteiger partial charge in [-0.3, -0.25) is 9.59 Å². The Hall–Kier alpha value is -1.64. The molecule has 2 N–H and O–H groups in total. The molecule has 0 heterocycles. The summed E-state index contributed by atoms with van der Waals surface area (Å²) < 4.78 is 0. The van der Waals surface area contributed by atoms with Crippen LogP contribution in [0.2, 0.25) is 0 Å². The summed E-state index contributed by atoms with van der Waals surface area (Å²) in [7, 11) is 0. The van der Waals surface area contributed by atoms with Crippen molar-refractivity contribution in [3.8, 4) is 0 Å². The number of carbonyl (C=O) groups is 2. The normalized spacial score (nSPS) is 12.1. The summed E-state index contributed by atoms with van der Waals surface area (Å²) in [5.41, 5.74) is 7.26. The number of rotatable bonds is 9. The number of amides is 1. The molecule has 0 bridgehead atoms. The molecule has 0 aromatic heterocycles. The van der Waals surface area contributed by atoms with Crippen LogP contribution in [-0.2, 0) is 4.79 Å². The van der Waals surface area contributed by atoms with Gasteiger partial charge in [0.05, 0.1) is 0 Å². The molecule has 1 rings (SSSR count). The zero-order chi connectivity index (χ0) is 15.0. The monoisotopic (exact) mass is 275 g/mol. The summed E-state index contributed by atoms with van der Waals surface area (Å²) in [4.78, 5) is 23.0. The largest absolute Gasteiger partial charge is 0.369 e. The summed E-state index contributed by atoms with van der Waals surface area (Å²) in [6, 6.07) is 7.70. The van der Waals surface area contributed by atoms with E-state index in [4.69, 9.17) is 5.73 Å². The molecular weight excluding hydrogens is 250 g/mol. The molecule has 1 unspecified atom stereocenters. The molecule has 0 fully saturated rings. The van der Waals surface area contributed by atoms with Crippen molar-refractivity contribution < 1.29 is 9.59 Å². The maximum atomic E-state index is 11.9. The van der Waals surface area contributed by atoms with E-state index in [2.05, 4.69) is 0 Å². The van der Waals surface area contributed by atoms with Gasteiger partial charge in [-0.1, -0.05) is 49.6 Å². The number of Topliss-reactive ketones (excluding diaryl/α,β-unsaturated/α-hetero) is 1. The summed E-state index contributed by atoms with van der Waals surface area (Å²) in [6.45, 7) is 3.99. The zero-order valence-electron chi connectivity index (χ0n) is 12.5. The SMILES string of the molecule is CCC(CCCCCC(=O)c1ccc(C)cc1)C(N)=O. The van der Waals surface area contributed by atoms with Gasteiger partial charge in [0.2, 0.25) is 5.91 Å². The van der Waals surface area contributed by atoms with Gasteiger partial charge >= 0.3 is 0 Å². The van der Waals surface area contributed by atoms with Gasteiger partial charge in [0.1, 0.15) is 0 Å². The lowest BCUT2D eigenvalue weighted by atomic mass is 9.97. The predicted molar refractivity (Wildman–Crippen MR) is 81.6 cm³/mol. The maximum absolute atomic E-state index is 11.9. The van der Waals surface area contributed by atoms with Gasteiger partial charge in [0.25, 0.3) is 0 Å². The maximum Gasteiger partial charge on any atom is 0.220 e. The van der Waals surface area contributed by atoms with Gasteiger partial charge in [0, 0.05) is 17.9 Å². The van der Waals surface area contributed by atoms with Crippen molar-refractivity contribution in [3.05, 3.63) is 35.4 Å². The van der Waals surface area contributed by atoms with Crippen molar-refractivity contribution in [2.24, 2.45) is 11.7 Å². The van der Waals surface area contributed by atoms with Crippen molar-refractivity contribution in [1.29, 1.82) is 0 Å². The van der Waals surface area contributed by atoms with Crippen LogP contribution in [0.4, 0.5) is 0 Å². The second-order valence-electron chi connectivity index (χ2n) is 5.40. The van der Waals surface area contributed by atoms with Crippen LogP contribution in [0.3, 0.4) is 0 Å². The summed E-state index contributed by atoms with van der Waals surface area (Å²) >= 11 is 0. The molecule has 0 aliphatic rings. The highest BCUT2D eigenvalue weighted by molar-refractivity contribution is 5.96. The van der Waals surface area contributed by atoms with Gasteiger partial charge in [-0.2, -0.15) is 0 Å². The molecule has 0 aliphatic carbocycles. The van der Waals surface area contributed by atoms with Crippen molar-refractivity contribution >= 4 is 11.7 Å². The number of hydrogen-bond acceptors (Lipinski definition) is 2. The first-order valence-electron chi connectivity index (χ1n) is 7.43. The Morgan fingerprint density at radius 2 is 1.75 bits per heavy atom. The number of nitrogens with two attached hydrogens (primary N) is 1. The van der Waals surface area contributed by atoms with E-state index in [0.717, 1.165) is 37.7 Å². The molecule has 3 heteroatoms. The summed E-state index contributed by atoms with van der Waals surface area (Å²) in [5, 5.41) is 0. The van der Waals surface area contributed by atoms with Crippen molar-refractivity contribution in [1.82, 2.24) is 0 Å². The van der Waals surface area contributed by atoms with E-state index in [0.29, 0.717) is 6.42 Å². The summed E-state index contributed by atoms with van der Waals surface area (Å²) in [5.74, 6) is -0.0158. The third kappa shape index (κ3) is 5.55. The van der Waals surface area contributed by atoms with Gasteiger partial charge in [0.15, 0.2) is 5.78 Å². The molecule has 1 amide bonds. The van der Waals surface area contributed by atoms with Gasteiger partial charge < -0.3 is 5.73 Å². The van der Waals surface area contributed by atoms with Crippen LogP contribution >= 0.6 is 0 Å². The number of ketones is 1. The number of unbranched alkanes of at least 4 members (excludes halogenated alkanes) is 2. The highest BCUT2D eigenvalue weighted by Gasteiger charge is 2.12. The van der Waals surface area contributed by atoms with Crippen LogP contribution in [-0.4, -0.2) is 11.7 Å². The molecule has 110 valence electrons. The van der Waals surface area contributed by atoms with Crippen LogP contribution in [0.15, 0.2) is 24.3 Å². The Morgan fingerprint density at radius 1 is 1.10 bits per heavy atom. The van der Waals surface area contributed by atoms with E-state index < -0.39 is 0 Å². The van der Waals surface area contributed by atoms with Crippen LogP contribution in [0.1, 0.15) is 61.4 Å². The van der Waals surface area contributed by atoms with E-state index in [-0.39, 0.29) is 17.6 Å². The standard InChI is InChI=1S/C17H25NO2/c1-3-14(17(18)20)7-5-4-6-8-16(19)15-11-9-13(2)10-12-15/h9-12,14H,3-8H2,1-2H3,(H2,18,20). The van der Waals surface area contributed by atoms with Crippen molar-refractivity contribution in [2.45, 2.75) is 52.4 Å². The molecule has 0 radical (unpaired) electrons. The van der Waals surface area contributed by atoms with E-state index in [1.807, 2.05) is 38.1 Å². The van der Waals surface area contributed by atoms with Gasteiger partial charge in [-0.25, -0.2) is 0 Å². The molecule has 1 aromatic carbocycles. The quantitative estimate of drug-likeness (QED) is 0.552. The second-order valence-corrected chi connectivity index (χ2v) is 5.40. The lowest BCUT2D eigenvalue weighted by molar-refractivity contribution is -0.122. The Balaban J connectivity index is 2.22. The van der Waals surface area contributed by atoms with E-state index >= 15 is 0 Å². The third-order valence-electron chi connectivity index (χ3n) is 3.73. The minimum Gasteiger partial charge on any atom is -0.369 e. The highest BCUT2D eigenvalue weighted by Crippen LogP contribution is 2.15. The van der Waals surface area contributed by atoms with E-state index in [1.165, 1.54) is 5.56 Å². The topological polar surface area (TPSA) is 60.2 Å². The van der Waals surface area contributed by atoms with Gasteiger partial charge in [-0.05, 0) is 26.2 Å². The average Bonchev–Trinajstić information content (AvgIpc) is 2.42. The first kappa shape index (κ1) is 16.4. The molecule has 20 heavy (non-hydrogen) atoms. The first-order chi connectivity index (χ1) is 9.54. The number of hydrogen-bond donors (Lipinski definition) is 1. The fraction of sp³-hybridized carbons (Fsp3) is 0.529. The highest BCUT2D eigenvalue weighted by atomic mass is 16.1. The van der Waals surface area contributed by atoms with Crippen LogP contribution < -0.4 is 5.73 Å². The van der Waals surface area contributed by atoms with Crippen LogP contribution in [0, 0.1) is 12.8 Å². The van der Waals surface area contributed by atoms with E-state index in [1.54, 1.807) is 0 Å². The number of carbonyl (C=O) groups excluding carboxylic acids is 2. The number of aryl methyl sites for hydroxylation is 1. The molecule has 1 atom stereocenters. The molecule has 3 nitrogen and oxygen atoms in total. The fourth-order valence-corrected chi connectivity index (χ4v) is 2.28. The number of benzene rings is 1. The number of primary amides is 1. The predicted octanol–water partition coefficient (Wildman–Crippen LogP) is 3.64. The Labute approximate surface area is 121 Å². The van der Waals surface area contributed by atoms with Crippen molar-refractivity contribution in [2.75, 3.05) is 0 Å². The second kappa shape index (κ2) is 8.51. The lowest BCUT2D eigenvalue weighted by Crippen LogP contribution is -2.22. The molecule has 1 aromatic rings. The minimum atomic E-state index is -0.205. The zero-order valence-corrected chi connectivity index (χ0v) is 12.5. The van der Waals surface area contributed by atoms with Crippen LogP contribution in [0.5, 0.6) is 0 Å². The third-order valence-corrected chi connectivity index (χ3v) is 3.73. The Bertz CT molecular complexity index is 437. The van der Waals surface area contributed by atoms with Crippen molar-refractivity contribution in [3.63, 3.8) is 0 Å². The van der Waals surface area contributed by atoms with Gasteiger partial charge in [-0.15, -0.1) is 0 Å². The van der Waals surface area contributed by atoms with Crippen LogP contribution in [0.25, 0.3) is 0 Å². The van der Waals surface area contributed by atoms with E-state index in [9.17, 15) is 9.59 Å². The Kier molecular flexibility index (Phi) is 6.99. The lowest BCUT2D eigenvalue weighted by Gasteiger charge is -2.09. The molecule has 0 aliphatic heterocycles. The molecule has 0 saturated carbocycles. The minimum absolute atomic E-state index is 0.0113. The molecule has 0 spiro atoms. The fourth-order valence-electron chi connectivity index (χ4n) is 2.28. The summed E-state index contributed by atoms with van der Waals surface area (Å²) in [6.07, 6.45) is 5.03. The Morgan fingerprint density at radius 3 is 2.30 bits per heavy atom. The molecular formula is C17H25NO2. The first-order valence-corrected chi connectivity index (χ1v) is 7.43. The smallest absolute Gasteiger partial charge is 0.220 e. The average molecular weight is 275 g/mol.